The number of nitrogens with zero attached hydrogens (tertiary/aromatic N) is 2. The second kappa shape index (κ2) is 9.17. The summed E-state index contributed by atoms with van der Waals surface area (Å²) in [7, 11) is 0. The molecule has 0 spiro atoms. The van der Waals surface area contributed by atoms with E-state index in [0.717, 1.165) is 16.6 Å². The van der Waals surface area contributed by atoms with Crippen molar-refractivity contribution in [2.24, 2.45) is 0 Å². The molecule has 0 unspecified atom stereocenters. The molecule has 3 aliphatic heterocycles. The number of benzene rings is 6. The summed E-state index contributed by atoms with van der Waals surface area (Å²) in [5.41, 5.74) is 18.9. The van der Waals surface area contributed by atoms with Crippen LogP contribution in [0.3, 0.4) is 0 Å². The van der Waals surface area contributed by atoms with E-state index in [2.05, 4.69) is 168 Å². The molecule has 3 nitrogen and oxygen atoms in total. The molecule has 0 fully saturated rings. The second-order valence-electron chi connectivity index (χ2n) is 17.8. The summed E-state index contributed by atoms with van der Waals surface area (Å²) in [5, 5.41) is 4.97. The normalized spacial score (nSPS) is 15.5. The first kappa shape index (κ1) is 29.5. The first-order valence-corrected chi connectivity index (χ1v) is 18.5. The Morgan fingerprint density at radius 2 is 1.33 bits per heavy atom. The van der Waals surface area contributed by atoms with Gasteiger partial charge < -0.3 is 13.8 Å². The molecule has 2 aromatic heterocycles. The molecular weight excluding hydrogens is 619 g/mol. The molecule has 6 aromatic carbocycles. The first-order valence-electron chi connectivity index (χ1n) is 18.5. The number of hydrogen-bond acceptors (Lipinski definition) is 2. The van der Waals surface area contributed by atoms with Crippen molar-refractivity contribution in [3.63, 3.8) is 0 Å². The number of furan rings is 1. The Balaban J connectivity index is 1.41. The molecule has 11 rings (SSSR count). The number of para-hydroxylation sites is 3. The zero-order valence-corrected chi connectivity index (χ0v) is 30.7. The van der Waals surface area contributed by atoms with E-state index in [9.17, 15) is 0 Å². The fourth-order valence-corrected chi connectivity index (χ4v) is 9.79. The molecule has 0 aliphatic carbocycles. The summed E-state index contributed by atoms with van der Waals surface area (Å²) in [6, 6.07) is 39.4. The minimum atomic E-state index is -0.152. The van der Waals surface area contributed by atoms with Crippen LogP contribution in [0, 0.1) is 0 Å². The maximum Gasteiger partial charge on any atom is 0.333 e. The van der Waals surface area contributed by atoms with Crippen LogP contribution < -0.4 is 15.7 Å². The van der Waals surface area contributed by atoms with E-state index in [1.807, 2.05) is 0 Å². The topological polar surface area (TPSA) is 21.3 Å². The zero-order chi connectivity index (χ0) is 34.9. The lowest BCUT2D eigenvalue weighted by Gasteiger charge is -2.49. The number of fused-ring (bicyclic) bond motifs is 13. The maximum atomic E-state index is 7.00. The molecule has 0 atom stereocenters. The van der Waals surface area contributed by atoms with E-state index in [4.69, 9.17) is 4.42 Å². The van der Waals surface area contributed by atoms with Gasteiger partial charge in [-0.25, -0.2) is 0 Å². The molecule has 51 heavy (non-hydrogen) atoms. The molecule has 3 aliphatic rings. The molecule has 0 N–H and O–H groups in total. The summed E-state index contributed by atoms with van der Waals surface area (Å²) in [6.07, 6.45) is 0. The maximum absolute atomic E-state index is 7.00. The van der Waals surface area contributed by atoms with Gasteiger partial charge in [-0.3, -0.25) is 0 Å². The smallest absolute Gasteiger partial charge is 0.333 e. The minimum Gasteiger partial charge on any atom is -0.454 e. The number of rotatable bonds is 0. The summed E-state index contributed by atoms with van der Waals surface area (Å²) in [5.74, 6) is 0. The van der Waals surface area contributed by atoms with E-state index in [1.54, 1.807) is 0 Å². The monoisotopic (exact) mass is 660 g/mol. The van der Waals surface area contributed by atoms with Gasteiger partial charge in [-0.2, -0.15) is 0 Å². The highest BCUT2D eigenvalue weighted by molar-refractivity contribution is 6.94. The van der Waals surface area contributed by atoms with Crippen molar-refractivity contribution >= 4 is 72.9 Å². The van der Waals surface area contributed by atoms with Gasteiger partial charge >= 0.3 is 6.85 Å². The summed E-state index contributed by atoms with van der Waals surface area (Å²) < 4.78 is 9.58. The third-order valence-electron chi connectivity index (χ3n) is 12.4. The first-order chi connectivity index (χ1) is 24.3. The lowest BCUT2D eigenvalue weighted by atomic mass is 9.42. The van der Waals surface area contributed by atoms with Gasteiger partial charge in [0.05, 0.1) is 16.7 Å². The Morgan fingerprint density at radius 1 is 0.608 bits per heavy atom. The summed E-state index contributed by atoms with van der Waals surface area (Å²) in [4.78, 5) is 2.70. The molecule has 4 heteroatoms. The highest BCUT2D eigenvalue weighted by Crippen LogP contribution is 2.56. The van der Waals surface area contributed by atoms with Gasteiger partial charge in [-0.15, -0.1) is 0 Å². The van der Waals surface area contributed by atoms with Crippen molar-refractivity contribution in [3.8, 4) is 16.8 Å². The average molecular weight is 661 g/mol. The standard InChI is InChI=1S/C47H41BN2O/c1-45(2,3)26-20-21-37-30(22-26)32-23-27(46(4,5)6)24-36-42(32)49(37)43-40-31(25-33-28-14-9-12-19-39(28)51-44(33)43)29-15-13-17-35-41(29)50(48(36)40)38-18-11-10-16-34(38)47(35,7)8/h9-25H,1-8H3. The van der Waals surface area contributed by atoms with Gasteiger partial charge in [-0.05, 0) is 86.0 Å². The van der Waals surface area contributed by atoms with Crippen LogP contribution in [0.2, 0.25) is 0 Å². The van der Waals surface area contributed by atoms with Crippen molar-refractivity contribution in [1.82, 2.24) is 4.57 Å². The SMILES string of the molecule is CC(C)(C)c1ccc2c(c1)c1cc(C(C)(C)C)cc3c1n2-c1c2c(cc4c1oc1ccccc14)-c1cccc4c1N(B23)c1ccccc1C4(C)C. The van der Waals surface area contributed by atoms with Crippen LogP contribution in [-0.2, 0) is 16.2 Å². The lowest BCUT2D eigenvalue weighted by Crippen LogP contribution is -2.62. The molecule has 0 saturated carbocycles. The van der Waals surface area contributed by atoms with Gasteiger partial charge in [0, 0.05) is 43.9 Å². The zero-order valence-electron chi connectivity index (χ0n) is 30.7. The Morgan fingerprint density at radius 3 is 2.14 bits per heavy atom. The third-order valence-corrected chi connectivity index (χ3v) is 12.4. The van der Waals surface area contributed by atoms with Crippen LogP contribution >= 0.6 is 0 Å². The predicted molar refractivity (Wildman–Crippen MR) is 217 cm³/mol. The van der Waals surface area contributed by atoms with Gasteiger partial charge in [0.1, 0.15) is 5.58 Å². The quantitative estimate of drug-likeness (QED) is 0.151. The molecule has 0 radical (unpaired) electrons. The molecule has 0 saturated heterocycles. The molecule has 248 valence electrons. The second-order valence-corrected chi connectivity index (χ2v) is 17.8. The van der Waals surface area contributed by atoms with Gasteiger partial charge in [0.25, 0.3) is 0 Å². The Bertz CT molecular complexity index is 2870. The van der Waals surface area contributed by atoms with E-state index in [1.165, 1.54) is 88.6 Å². The minimum absolute atomic E-state index is 0.0259. The van der Waals surface area contributed by atoms with Gasteiger partial charge in [0.15, 0.2) is 5.58 Å². The average Bonchev–Trinajstić information content (AvgIpc) is 3.64. The predicted octanol–water partition coefficient (Wildman–Crippen LogP) is 11.2. The fourth-order valence-electron chi connectivity index (χ4n) is 9.79. The van der Waals surface area contributed by atoms with E-state index in [0.29, 0.717) is 0 Å². The van der Waals surface area contributed by atoms with E-state index >= 15 is 0 Å². The Hall–Kier alpha value is -5.22. The highest BCUT2D eigenvalue weighted by atomic mass is 16.3. The number of anilines is 2. The van der Waals surface area contributed by atoms with Crippen molar-refractivity contribution in [3.05, 3.63) is 125 Å². The number of hydrogen-bond donors (Lipinski definition) is 0. The van der Waals surface area contributed by atoms with Crippen molar-refractivity contribution in [2.75, 3.05) is 4.81 Å². The van der Waals surface area contributed by atoms with Crippen LogP contribution in [0.4, 0.5) is 11.4 Å². The molecule has 8 aromatic rings. The van der Waals surface area contributed by atoms with Crippen LogP contribution in [0.25, 0.3) is 60.6 Å². The van der Waals surface area contributed by atoms with E-state index in [-0.39, 0.29) is 23.1 Å². The van der Waals surface area contributed by atoms with Crippen LogP contribution in [0.15, 0.2) is 108 Å². The third kappa shape index (κ3) is 3.56. The van der Waals surface area contributed by atoms with Gasteiger partial charge in [0.2, 0.25) is 0 Å². The Kier molecular flexibility index (Phi) is 5.30. The lowest BCUT2D eigenvalue weighted by molar-refractivity contribution is 0.590. The molecule has 0 bridgehead atoms. The van der Waals surface area contributed by atoms with Crippen LogP contribution in [0.1, 0.15) is 77.6 Å². The van der Waals surface area contributed by atoms with Gasteiger partial charge in [-0.1, -0.05) is 122 Å². The summed E-state index contributed by atoms with van der Waals surface area (Å²) >= 11 is 0. The van der Waals surface area contributed by atoms with Crippen molar-refractivity contribution in [1.29, 1.82) is 0 Å². The highest BCUT2D eigenvalue weighted by Gasteiger charge is 2.50. The molecule has 0 amide bonds. The number of aromatic nitrogens is 1. The largest absolute Gasteiger partial charge is 0.454 e. The van der Waals surface area contributed by atoms with Crippen molar-refractivity contribution in [2.45, 2.75) is 71.6 Å². The molecule has 5 heterocycles. The van der Waals surface area contributed by atoms with Crippen LogP contribution in [-0.4, -0.2) is 11.4 Å². The van der Waals surface area contributed by atoms with E-state index < -0.39 is 0 Å². The summed E-state index contributed by atoms with van der Waals surface area (Å²) in [6.45, 7) is 18.8. The van der Waals surface area contributed by atoms with Crippen molar-refractivity contribution < 1.29 is 4.42 Å². The fraction of sp³-hybridized carbons (Fsp3) is 0.234. The van der Waals surface area contributed by atoms with Crippen LogP contribution in [0.5, 0.6) is 0 Å². The Labute approximate surface area is 299 Å². The molecular formula is C47H41BN2O.